The van der Waals surface area contributed by atoms with Gasteiger partial charge in [0.05, 0.1) is 36.8 Å². The van der Waals surface area contributed by atoms with Crippen molar-refractivity contribution in [2.24, 2.45) is 5.92 Å². The van der Waals surface area contributed by atoms with Crippen LogP contribution < -0.4 is 14.8 Å². The van der Waals surface area contributed by atoms with Crippen LogP contribution >= 0.6 is 0 Å². The highest BCUT2D eigenvalue weighted by Gasteiger charge is 2.35. The van der Waals surface area contributed by atoms with Gasteiger partial charge in [-0.05, 0) is 59.8 Å². The zero-order valence-electron chi connectivity index (χ0n) is 23.2. The largest absolute Gasteiger partial charge is 0.497 e. The molecule has 0 radical (unpaired) electrons. The van der Waals surface area contributed by atoms with E-state index in [4.69, 9.17) is 9.47 Å². The van der Waals surface area contributed by atoms with Crippen molar-refractivity contribution in [1.82, 2.24) is 29.4 Å². The Morgan fingerprint density at radius 2 is 2.00 bits per heavy atom. The Bertz CT molecular complexity index is 1470. The molecule has 15 heteroatoms. The number of anilines is 1. The normalized spacial score (nSPS) is 18.2. The van der Waals surface area contributed by atoms with Gasteiger partial charge >= 0.3 is 0 Å². The number of likely N-dealkylation sites (N-methyl/N-ethyl adjacent to an activating group) is 1. The zero-order valence-corrected chi connectivity index (χ0v) is 24.0. The van der Waals surface area contributed by atoms with Crippen molar-refractivity contribution in [3.63, 3.8) is 0 Å². The van der Waals surface area contributed by atoms with E-state index in [2.05, 4.69) is 20.8 Å². The quantitative estimate of drug-likeness (QED) is 0.347. The average molecular weight is 588 g/mol. The van der Waals surface area contributed by atoms with Crippen LogP contribution in [0.25, 0.3) is 0 Å². The predicted molar refractivity (Wildman–Crippen MR) is 147 cm³/mol. The lowest BCUT2D eigenvalue weighted by atomic mass is 9.99. The van der Waals surface area contributed by atoms with E-state index in [1.807, 2.05) is 6.92 Å². The molecule has 0 unspecified atom stereocenters. The number of fused-ring (bicyclic) bond motifs is 1. The summed E-state index contributed by atoms with van der Waals surface area (Å²) in [5.74, 6) is -0.328. The summed E-state index contributed by atoms with van der Waals surface area (Å²) in [6.07, 6.45) is 0.659. The number of nitrogens with zero attached hydrogens (tertiary/aromatic N) is 6. The van der Waals surface area contributed by atoms with E-state index >= 15 is 0 Å². The number of ether oxygens (including phenoxy) is 2. The van der Waals surface area contributed by atoms with Crippen molar-refractivity contribution in [3.05, 3.63) is 54.4 Å². The Labute approximate surface area is 237 Å². The van der Waals surface area contributed by atoms with Crippen molar-refractivity contribution in [3.8, 4) is 11.5 Å². The van der Waals surface area contributed by atoms with E-state index in [0.717, 1.165) is 0 Å². The summed E-state index contributed by atoms with van der Waals surface area (Å²) < 4.78 is 40.5. The van der Waals surface area contributed by atoms with Crippen LogP contribution in [0.3, 0.4) is 0 Å². The van der Waals surface area contributed by atoms with Crippen LogP contribution in [0.5, 0.6) is 11.5 Å². The molecule has 3 aromatic rings. The van der Waals surface area contributed by atoms with Crippen LogP contribution in [0.1, 0.15) is 24.2 Å². The van der Waals surface area contributed by atoms with E-state index in [0.29, 0.717) is 11.4 Å². The highest BCUT2D eigenvalue weighted by Crippen LogP contribution is 2.31. The number of aromatic nitrogens is 4. The van der Waals surface area contributed by atoms with Gasteiger partial charge in [0.15, 0.2) is 0 Å². The summed E-state index contributed by atoms with van der Waals surface area (Å²) in [5.41, 5.74) is 0.517. The number of aliphatic hydroxyl groups excluding tert-OH is 1. The smallest absolute Gasteiger partial charge is 0.258 e. The fourth-order valence-electron chi connectivity index (χ4n) is 4.40. The van der Waals surface area contributed by atoms with Crippen molar-refractivity contribution in [2.75, 3.05) is 39.2 Å². The topological polar surface area (TPSA) is 169 Å². The summed E-state index contributed by atoms with van der Waals surface area (Å²) in [6.45, 7) is 3.39. The van der Waals surface area contributed by atoms with Crippen molar-refractivity contribution in [1.29, 1.82) is 0 Å². The van der Waals surface area contributed by atoms with Gasteiger partial charge in [-0.15, -0.1) is 5.10 Å². The third-order valence-corrected chi connectivity index (χ3v) is 8.69. The molecule has 0 aliphatic carbocycles. The molecular formula is C26H33N7O7S. The van der Waals surface area contributed by atoms with Gasteiger partial charge in [0.1, 0.15) is 30.5 Å². The summed E-state index contributed by atoms with van der Waals surface area (Å²) >= 11 is 0. The van der Waals surface area contributed by atoms with Gasteiger partial charge in [-0.2, -0.15) is 4.31 Å². The third-order valence-electron chi connectivity index (χ3n) is 6.85. The number of nitrogens with one attached hydrogen (secondary N) is 1. The maximum atomic E-state index is 13.6. The van der Waals surface area contributed by atoms with Crippen LogP contribution in [-0.2, 0) is 21.4 Å². The van der Waals surface area contributed by atoms with Crippen LogP contribution in [0.2, 0.25) is 0 Å². The molecule has 0 bridgehead atoms. The van der Waals surface area contributed by atoms with Crippen LogP contribution in [0.15, 0.2) is 53.7 Å². The molecule has 2 heterocycles. The highest BCUT2D eigenvalue weighted by molar-refractivity contribution is 7.89. The number of methoxy groups -OCH3 is 1. The third kappa shape index (κ3) is 6.81. The summed E-state index contributed by atoms with van der Waals surface area (Å²) in [7, 11) is -0.888. The Morgan fingerprint density at radius 3 is 2.63 bits per heavy atom. The molecule has 0 fully saturated rings. The molecule has 0 saturated heterocycles. The average Bonchev–Trinajstić information content (AvgIpc) is 3.47. The second-order valence-corrected chi connectivity index (χ2v) is 11.9. The molecule has 2 N–H and O–H groups in total. The Kier molecular flexibility index (Phi) is 9.20. The summed E-state index contributed by atoms with van der Waals surface area (Å²) in [5, 5.41) is 23.2. The lowest BCUT2D eigenvalue weighted by Crippen LogP contribution is -2.50. The number of rotatable bonds is 10. The number of amides is 2. The van der Waals surface area contributed by atoms with E-state index in [1.54, 1.807) is 31.2 Å². The Balaban J connectivity index is 1.61. The van der Waals surface area contributed by atoms with Gasteiger partial charge in [0, 0.05) is 25.2 Å². The monoisotopic (exact) mass is 587 g/mol. The van der Waals surface area contributed by atoms with Gasteiger partial charge < -0.3 is 24.8 Å². The van der Waals surface area contributed by atoms with E-state index in [9.17, 15) is 23.1 Å². The van der Waals surface area contributed by atoms with Gasteiger partial charge in [0.2, 0.25) is 15.9 Å². The van der Waals surface area contributed by atoms with Crippen LogP contribution in [-0.4, -0.2) is 101 Å². The number of hydrogen-bond donors (Lipinski definition) is 2. The van der Waals surface area contributed by atoms with Crippen molar-refractivity contribution < 1.29 is 32.6 Å². The van der Waals surface area contributed by atoms with Crippen LogP contribution in [0, 0.1) is 5.92 Å². The van der Waals surface area contributed by atoms with Gasteiger partial charge in [-0.25, -0.2) is 13.1 Å². The molecule has 1 aliphatic rings. The first-order valence-electron chi connectivity index (χ1n) is 12.9. The Morgan fingerprint density at radius 1 is 1.27 bits per heavy atom. The standard InChI is InChI=1S/C26H33N7O7S/c1-17-12-33(18(2)15-34)26(36)22-11-19(28-25(35)14-32-16-27-29-30-32)5-10-23(22)40-24(17)13-31(3)41(37,38)21-8-6-20(39-4)7-9-21/h5-11,16-18,24,34H,12-15H2,1-4H3,(H,28,35)/t17-,18+,24-/m1/s1. The number of carbonyl (C=O) groups is 2. The van der Waals surface area contributed by atoms with E-state index in [1.165, 1.54) is 52.6 Å². The molecule has 1 aliphatic heterocycles. The predicted octanol–water partition coefficient (Wildman–Crippen LogP) is 0.861. The van der Waals surface area contributed by atoms with Crippen LogP contribution in [0.4, 0.5) is 5.69 Å². The van der Waals surface area contributed by atoms with Gasteiger partial charge in [0.25, 0.3) is 5.91 Å². The first-order valence-corrected chi connectivity index (χ1v) is 14.3. The number of benzene rings is 2. The summed E-state index contributed by atoms with van der Waals surface area (Å²) in [6, 6.07) is 10.2. The maximum absolute atomic E-state index is 13.6. The zero-order chi connectivity index (χ0) is 29.7. The first kappa shape index (κ1) is 29.9. The molecule has 41 heavy (non-hydrogen) atoms. The highest BCUT2D eigenvalue weighted by atomic mass is 32.2. The van der Waals surface area contributed by atoms with Crippen molar-refractivity contribution in [2.45, 2.75) is 37.4 Å². The molecule has 1 aromatic heterocycles. The van der Waals surface area contributed by atoms with Gasteiger partial charge in [-0.1, -0.05) is 6.92 Å². The molecule has 0 spiro atoms. The molecule has 14 nitrogen and oxygen atoms in total. The molecule has 0 saturated carbocycles. The van der Waals surface area contributed by atoms with Crippen molar-refractivity contribution >= 4 is 27.5 Å². The van der Waals surface area contributed by atoms with E-state index < -0.39 is 28.1 Å². The first-order chi connectivity index (χ1) is 19.5. The van der Waals surface area contributed by atoms with Gasteiger partial charge in [-0.3, -0.25) is 9.59 Å². The number of carbonyl (C=O) groups excluding carboxylic acids is 2. The number of tetrazole rings is 1. The lowest BCUT2D eigenvalue weighted by Gasteiger charge is -2.38. The minimum Gasteiger partial charge on any atom is -0.497 e. The SMILES string of the molecule is COc1ccc(S(=O)(=O)N(C)C[C@H]2Oc3ccc(NC(=O)Cn4cnnn4)cc3C(=O)N([C@@H](C)CO)C[C@H]2C)cc1. The minimum atomic E-state index is -3.86. The number of aliphatic hydroxyl groups is 1. The molecule has 3 atom stereocenters. The fourth-order valence-corrected chi connectivity index (χ4v) is 5.58. The number of sulfonamides is 1. The molecular weight excluding hydrogens is 554 g/mol. The summed E-state index contributed by atoms with van der Waals surface area (Å²) in [4.78, 5) is 27.7. The second-order valence-electron chi connectivity index (χ2n) is 9.85. The fraction of sp³-hybridized carbons (Fsp3) is 0.423. The molecule has 2 aromatic carbocycles. The molecule has 4 rings (SSSR count). The molecule has 220 valence electrons. The molecule has 2 amide bonds. The van der Waals surface area contributed by atoms with E-state index in [-0.39, 0.29) is 54.3 Å². The Hall–Kier alpha value is -4.08. The lowest BCUT2D eigenvalue weighted by molar-refractivity contribution is -0.116. The maximum Gasteiger partial charge on any atom is 0.258 e. The second kappa shape index (κ2) is 12.6. The minimum absolute atomic E-state index is 0.00503. The number of hydrogen-bond acceptors (Lipinski definition) is 10.